The van der Waals surface area contributed by atoms with Crippen LogP contribution in [0, 0.1) is 12.3 Å². The molecule has 0 radical (unpaired) electrons. The fourth-order valence-electron chi connectivity index (χ4n) is 1.48. The van der Waals surface area contributed by atoms with Gasteiger partial charge in [-0.05, 0) is 17.7 Å². The first-order valence-electron chi connectivity index (χ1n) is 5.11. The normalized spacial score (nSPS) is 9.94. The molecule has 16 heavy (non-hydrogen) atoms. The summed E-state index contributed by atoms with van der Waals surface area (Å²) in [6, 6.07) is 8.29. The fourth-order valence-corrected chi connectivity index (χ4v) is 1.48. The lowest BCUT2D eigenvalue weighted by molar-refractivity contribution is 0.770. The monoisotopic (exact) mass is 211 g/mol. The van der Waals surface area contributed by atoms with E-state index in [4.69, 9.17) is 6.42 Å². The minimum atomic E-state index is 0.600. The maximum Gasteiger partial charge on any atom is 0.0991 e. The Kier molecular flexibility index (Phi) is 3.37. The van der Waals surface area contributed by atoms with Gasteiger partial charge >= 0.3 is 0 Å². The van der Waals surface area contributed by atoms with Crippen molar-refractivity contribution in [2.45, 2.75) is 6.54 Å². The molecular weight excluding hydrogens is 198 g/mol. The maximum absolute atomic E-state index is 5.16. The summed E-state index contributed by atoms with van der Waals surface area (Å²) in [5.41, 5.74) is 2.33. The van der Waals surface area contributed by atoms with Crippen molar-refractivity contribution < 1.29 is 0 Å². The van der Waals surface area contributed by atoms with Crippen molar-refractivity contribution in [2.24, 2.45) is 0 Å². The Hall–Kier alpha value is -2.05. The molecule has 0 amide bonds. The number of terminal acetylenes is 1. The van der Waals surface area contributed by atoms with Crippen LogP contribution in [0.1, 0.15) is 5.56 Å². The minimum absolute atomic E-state index is 0.600. The second-order valence-electron chi connectivity index (χ2n) is 3.44. The molecule has 0 aliphatic carbocycles. The van der Waals surface area contributed by atoms with Crippen LogP contribution in [0.3, 0.4) is 0 Å². The molecule has 0 saturated carbocycles. The molecule has 2 rings (SSSR count). The molecular formula is C13H13N3. The van der Waals surface area contributed by atoms with Gasteiger partial charge in [-0.3, -0.25) is 0 Å². The number of hydrogen-bond acceptors (Lipinski definition) is 2. The van der Waals surface area contributed by atoms with E-state index in [1.165, 1.54) is 5.56 Å². The molecule has 0 unspecified atom stereocenters. The van der Waals surface area contributed by atoms with Crippen LogP contribution in [0.25, 0.3) is 5.69 Å². The third-order valence-corrected chi connectivity index (χ3v) is 2.30. The number of benzene rings is 1. The molecule has 0 aliphatic rings. The van der Waals surface area contributed by atoms with Gasteiger partial charge in [0.25, 0.3) is 0 Å². The van der Waals surface area contributed by atoms with E-state index >= 15 is 0 Å². The van der Waals surface area contributed by atoms with Gasteiger partial charge in [0.1, 0.15) is 0 Å². The van der Waals surface area contributed by atoms with E-state index < -0.39 is 0 Å². The third-order valence-electron chi connectivity index (χ3n) is 2.30. The van der Waals surface area contributed by atoms with Gasteiger partial charge in [-0.15, -0.1) is 6.42 Å². The molecule has 2 aromatic rings. The third kappa shape index (κ3) is 2.50. The first-order chi connectivity index (χ1) is 7.90. The molecule has 1 aromatic heterocycles. The van der Waals surface area contributed by atoms with Crippen LogP contribution in [0.4, 0.5) is 0 Å². The van der Waals surface area contributed by atoms with Crippen LogP contribution in [-0.4, -0.2) is 16.1 Å². The lowest BCUT2D eigenvalue weighted by Gasteiger charge is -2.04. The van der Waals surface area contributed by atoms with Gasteiger partial charge in [-0.25, -0.2) is 4.98 Å². The van der Waals surface area contributed by atoms with Crippen molar-refractivity contribution >= 4 is 0 Å². The molecule has 0 fully saturated rings. The molecule has 3 nitrogen and oxygen atoms in total. The van der Waals surface area contributed by atoms with Crippen molar-refractivity contribution in [3.63, 3.8) is 0 Å². The lowest BCUT2D eigenvalue weighted by Crippen LogP contribution is -2.12. The first kappa shape index (κ1) is 10.5. The Balaban J connectivity index is 2.03. The highest BCUT2D eigenvalue weighted by Gasteiger charge is 1.95. The largest absolute Gasteiger partial charge is 0.306 e. The summed E-state index contributed by atoms with van der Waals surface area (Å²) >= 11 is 0. The summed E-state index contributed by atoms with van der Waals surface area (Å²) < 4.78 is 1.97. The summed E-state index contributed by atoms with van der Waals surface area (Å²) in [5.74, 6) is 2.55. The first-order valence-corrected chi connectivity index (χ1v) is 5.11. The minimum Gasteiger partial charge on any atom is -0.306 e. The van der Waals surface area contributed by atoms with Crippen LogP contribution < -0.4 is 5.32 Å². The number of nitrogens with zero attached hydrogens (tertiary/aromatic N) is 2. The second-order valence-corrected chi connectivity index (χ2v) is 3.44. The smallest absolute Gasteiger partial charge is 0.0991 e. The van der Waals surface area contributed by atoms with E-state index in [1.807, 2.05) is 10.8 Å². The average molecular weight is 211 g/mol. The summed E-state index contributed by atoms with van der Waals surface area (Å²) in [6.07, 6.45) is 10.6. The van der Waals surface area contributed by atoms with Gasteiger partial charge in [0.2, 0.25) is 0 Å². The van der Waals surface area contributed by atoms with E-state index in [-0.39, 0.29) is 0 Å². The Bertz CT molecular complexity index is 463. The number of aromatic nitrogens is 2. The van der Waals surface area contributed by atoms with Crippen molar-refractivity contribution in [1.82, 2.24) is 14.9 Å². The zero-order chi connectivity index (χ0) is 11.2. The van der Waals surface area contributed by atoms with Crippen LogP contribution >= 0.6 is 0 Å². The predicted molar refractivity (Wildman–Crippen MR) is 64.1 cm³/mol. The van der Waals surface area contributed by atoms with E-state index in [2.05, 4.69) is 40.5 Å². The standard InChI is InChI=1S/C13H13N3/c1-2-7-14-10-12-3-5-13(6-4-12)16-9-8-15-11-16/h1,3-6,8-9,11,14H,7,10H2. The topological polar surface area (TPSA) is 29.9 Å². The van der Waals surface area contributed by atoms with E-state index in [0.29, 0.717) is 6.54 Å². The van der Waals surface area contributed by atoms with Gasteiger partial charge in [-0.1, -0.05) is 18.1 Å². The van der Waals surface area contributed by atoms with Crippen LogP contribution in [-0.2, 0) is 6.54 Å². The summed E-state index contributed by atoms with van der Waals surface area (Å²) in [4.78, 5) is 4.01. The number of imidazole rings is 1. The van der Waals surface area contributed by atoms with Gasteiger partial charge < -0.3 is 9.88 Å². The molecule has 3 heteroatoms. The molecule has 80 valence electrons. The number of nitrogens with one attached hydrogen (secondary N) is 1. The zero-order valence-corrected chi connectivity index (χ0v) is 8.93. The quantitative estimate of drug-likeness (QED) is 0.615. The van der Waals surface area contributed by atoms with E-state index in [0.717, 1.165) is 12.2 Å². The summed E-state index contributed by atoms with van der Waals surface area (Å²) in [6.45, 7) is 1.40. The number of rotatable bonds is 4. The van der Waals surface area contributed by atoms with Crippen LogP contribution in [0.15, 0.2) is 43.0 Å². The van der Waals surface area contributed by atoms with Crippen molar-refractivity contribution in [1.29, 1.82) is 0 Å². The Morgan fingerprint density at radius 1 is 1.31 bits per heavy atom. The highest BCUT2D eigenvalue weighted by molar-refractivity contribution is 5.34. The molecule has 1 aromatic carbocycles. The SMILES string of the molecule is C#CCNCc1ccc(-n2ccnc2)cc1. The Morgan fingerprint density at radius 2 is 2.12 bits per heavy atom. The van der Waals surface area contributed by atoms with Gasteiger partial charge in [0, 0.05) is 24.6 Å². The average Bonchev–Trinajstić information content (AvgIpc) is 2.84. The van der Waals surface area contributed by atoms with Crippen LogP contribution in [0.5, 0.6) is 0 Å². The summed E-state index contributed by atoms with van der Waals surface area (Å²) in [7, 11) is 0. The van der Waals surface area contributed by atoms with Gasteiger partial charge in [0.05, 0.1) is 12.9 Å². The highest BCUT2D eigenvalue weighted by atomic mass is 15.0. The highest BCUT2D eigenvalue weighted by Crippen LogP contribution is 2.08. The molecule has 0 atom stereocenters. The fraction of sp³-hybridized carbons (Fsp3) is 0.154. The molecule has 0 bridgehead atoms. The molecule has 0 aliphatic heterocycles. The Morgan fingerprint density at radius 3 is 2.75 bits per heavy atom. The molecule has 0 spiro atoms. The van der Waals surface area contributed by atoms with E-state index in [9.17, 15) is 0 Å². The van der Waals surface area contributed by atoms with Gasteiger partial charge in [-0.2, -0.15) is 0 Å². The van der Waals surface area contributed by atoms with E-state index in [1.54, 1.807) is 12.5 Å². The lowest BCUT2D eigenvalue weighted by atomic mass is 10.2. The summed E-state index contributed by atoms with van der Waals surface area (Å²) in [5, 5.41) is 3.15. The van der Waals surface area contributed by atoms with Gasteiger partial charge in [0.15, 0.2) is 0 Å². The van der Waals surface area contributed by atoms with Crippen molar-refractivity contribution in [3.8, 4) is 18.0 Å². The molecule has 1 N–H and O–H groups in total. The van der Waals surface area contributed by atoms with Crippen molar-refractivity contribution in [2.75, 3.05) is 6.54 Å². The van der Waals surface area contributed by atoms with Crippen LogP contribution in [0.2, 0.25) is 0 Å². The molecule has 0 saturated heterocycles. The Labute approximate surface area is 95.1 Å². The predicted octanol–water partition coefficient (Wildman–Crippen LogP) is 1.60. The second kappa shape index (κ2) is 5.15. The maximum atomic E-state index is 5.16. The molecule has 1 heterocycles. The number of hydrogen-bond donors (Lipinski definition) is 1. The van der Waals surface area contributed by atoms with Crippen molar-refractivity contribution in [3.05, 3.63) is 48.5 Å². The zero-order valence-electron chi connectivity index (χ0n) is 8.93.